The number of rotatable bonds is 7. The van der Waals surface area contributed by atoms with E-state index in [-0.39, 0.29) is 11.3 Å². The lowest BCUT2D eigenvalue weighted by atomic mass is 9.97. The van der Waals surface area contributed by atoms with E-state index in [1.165, 1.54) is 12.5 Å². The van der Waals surface area contributed by atoms with Gasteiger partial charge in [-0.3, -0.25) is 0 Å². The Morgan fingerprint density at radius 2 is 1.83 bits per heavy atom. The molecule has 1 aliphatic rings. The second-order valence-electron chi connectivity index (χ2n) is 9.09. The molecule has 0 unspecified atom stereocenters. The van der Waals surface area contributed by atoms with Crippen molar-refractivity contribution in [2.45, 2.75) is 61.4 Å². The Hall–Kier alpha value is -2.49. The third-order valence-electron chi connectivity index (χ3n) is 5.89. The summed E-state index contributed by atoms with van der Waals surface area (Å²) < 4.78 is 52.6. The van der Waals surface area contributed by atoms with Crippen molar-refractivity contribution in [1.29, 1.82) is 0 Å². The summed E-state index contributed by atoms with van der Waals surface area (Å²) in [5, 5.41) is 53.5. The molecule has 0 aliphatic carbocycles. The average Bonchev–Trinajstić information content (AvgIpc) is 3.45. The lowest BCUT2D eigenvalue weighted by Gasteiger charge is -2.43. The Morgan fingerprint density at radius 1 is 1.17 bits per heavy atom. The highest BCUT2D eigenvalue weighted by Gasteiger charge is 2.48. The first-order chi connectivity index (χ1) is 16.9. The maximum absolute atomic E-state index is 13.7. The molecular weight excluding hydrogens is 505 g/mol. The SMILES string of the molecule is Cc1conc1[C@H](S[C@@H]1O[C@H](CO)[C@H](O)[C@H](n2cc(-c3cc(F)c(F)c(F)c3)nn2)[C@H]1O)C(C)(C)O. The fourth-order valence-electron chi connectivity index (χ4n) is 4.00. The molecule has 3 aromatic rings. The highest BCUT2D eigenvalue weighted by molar-refractivity contribution is 8.00. The number of hydrogen-bond acceptors (Lipinski definition) is 10. The van der Waals surface area contributed by atoms with Gasteiger partial charge in [0.1, 0.15) is 47.4 Å². The van der Waals surface area contributed by atoms with E-state index in [1.807, 2.05) is 0 Å². The van der Waals surface area contributed by atoms with Crippen LogP contribution in [0.1, 0.15) is 36.4 Å². The molecule has 0 amide bonds. The second kappa shape index (κ2) is 10.1. The van der Waals surface area contributed by atoms with E-state index in [0.717, 1.165) is 28.6 Å². The van der Waals surface area contributed by atoms with E-state index in [9.17, 15) is 33.6 Å². The Morgan fingerprint density at radius 3 is 2.39 bits per heavy atom. The summed E-state index contributed by atoms with van der Waals surface area (Å²) in [7, 11) is 0. The van der Waals surface area contributed by atoms with Crippen LogP contribution in [0, 0.1) is 24.4 Å². The number of aromatic nitrogens is 4. The molecule has 14 heteroatoms. The van der Waals surface area contributed by atoms with Gasteiger partial charge < -0.3 is 29.7 Å². The molecule has 1 fully saturated rings. The van der Waals surface area contributed by atoms with E-state index >= 15 is 0 Å². The van der Waals surface area contributed by atoms with Crippen LogP contribution in [0.3, 0.4) is 0 Å². The van der Waals surface area contributed by atoms with Gasteiger partial charge in [-0.2, -0.15) is 0 Å². The number of ether oxygens (including phenoxy) is 1. The van der Waals surface area contributed by atoms with E-state index in [0.29, 0.717) is 11.3 Å². The van der Waals surface area contributed by atoms with Gasteiger partial charge >= 0.3 is 0 Å². The molecule has 0 saturated carbocycles. The van der Waals surface area contributed by atoms with Crippen LogP contribution in [-0.4, -0.2) is 76.5 Å². The summed E-state index contributed by atoms with van der Waals surface area (Å²) in [6.07, 6.45) is -1.41. The van der Waals surface area contributed by atoms with E-state index in [1.54, 1.807) is 20.8 Å². The first-order valence-corrected chi connectivity index (χ1v) is 11.8. The number of aryl methyl sites for hydroxylation is 1. The number of nitrogens with zero attached hydrogens (tertiary/aromatic N) is 4. The third kappa shape index (κ3) is 5.01. The minimum Gasteiger partial charge on any atom is -0.394 e. The van der Waals surface area contributed by atoms with Crippen LogP contribution < -0.4 is 0 Å². The predicted octanol–water partition coefficient (Wildman–Crippen LogP) is 1.88. The lowest BCUT2D eigenvalue weighted by molar-refractivity contribution is -0.179. The molecule has 1 saturated heterocycles. The lowest BCUT2D eigenvalue weighted by Crippen LogP contribution is -2.55. The van der Waals surface area contributed by atoms with Gasteiger partial charge in [0.25, 0.3) is 0 Å². The van der Waals surface area contributed by atoms with Crippen molar-refractivity contribution < 1.29 is 42.9 Å². The maximum Gasteiger partial charge on any atom is 0.194 e. The molecule has 3 heterocycles. The molecule has 4 rings (SSSR count). The fraction of sp³-hybridized carbons (Fsp3) is 0.500. The minimum atomic E-state index is -1.63. The highest BCUT2D eigenvalue weighted by atomic mass is 32.2. The summed E-state index contributed by atoms with van der Waals surface area (Å²) in [6.45, 7) is 4.24. The quantitative estimate of drug-likeness (QED) is 0.334. The van der Waals surface area contributed by atoms with Crippen LogP contribution in [0.2, 0.25) is 0 Å². The van der Waals surface area contributed by atoms with E-state index in [2.05, 4.69) is 15.5 Å². The number of benzene rings is 1. The summed E-state index contributed by atoms with van der Waals surface area (Å²) >= 11 is 1.01. The fourth-order valence-corrected chi connectivity index (χ4v) is 5.49. The molecule has 0 bridgehead atoms. The summed E-state index contributed by atoms with van der Waals surface area (Å²) in [6, 6.07) is 0.283. The molecule has 6 atom stereocenters. The monoisotopic (exact) mass is 530 g/mol. The molecule has 10 nitrogen and oxygen atoms in total. The van der Waals surface area contributed by atoms with Crippen LogP contribution in [0.25, 0.3) is 11.3 Å². The molecule has 4 N–H and O–H groups in total. The van der Waals surface area contributed by atoms with Gasteiger partial charge in [-0.05, 0) is 32.9 Å². The van der Waals surface area contributed by atoms with Gasteiger partial charge in [0.05, 0.1) is 23.7 Å². The molecule has 0 spiro atoms. The van der Waals surface area contributed by atoms with Crippen molar-refractivity contribution in [3.63, 3.8) is 0 Å². The van der Waals surface area contributed by atoms with Crippen molar-refractivity contribution in [1.82, 2.24) is 20.2 Å². The molecule has 0 radical (unpaired) electrons. The van der Waals surface area contributed by atoms with Gasteiger partial charge in [-0.15, -0.1) is 16.9 Å². The van der Waals surface area contributed by atoms with Gasteiger partial charge in [0, 0.05) is 11.1 Å². The average molecular weight is 531 g/mol. The first-order valence-electron chi connectivity index (χ1n) is 10.9. The number of hydrogen-bond donors (Lipinski definition) is 4. The predicted molar refractivity (Wildman–Crippen MR) is 120 cm³/mol. The first kappa shape index (κ1) is 26.6. The topological polar surface area (TPSA) is 147 Å². The molecular formula is C22H25F3N4O6S. The molecule has 1 aliphatic heterocycles. The number of aliphatic hydroxyl groups excluding tert-OH is 3. The zero-order valence-electron chi connectivity index (χ0n) is 19.4. The Kier molecular flexibility index (Phi) is 7.46. The standard InChI is InChI=1S/C22H25F3N4O6S/c1-9-8-34-27-16(9)20(22(2,3)33)36-21-19(32)17(18(31)14(7-30)35-21)29-6-13(26-28-29)10-4-11(23)15(25)12(24)5-10/h4-6,8,14,17-21,30-33H,7H2,1-3H3/t14-,17+,18+,19-,20+,21+/m1/s1. The van der Waals surface area contributed by atoms with Crippen LogP contribution in [-0.2, 0) is 4.74 Å². The highest BCUT2D eigenvalue weighted by Crippen LogP contribution is 2.46. The molecule has 196 valence electrons. The van der Waals surface area contributed by atoms with E-state index in [4.69, 9.17) is 9.26 Å². The van der Waals surface area contributed by atoms with Gasteiger partial charge in [0.2, 0.25) is 0 Å². The zero-order valence-corrected chi connectivity index (χ0v) is 20.2. The Balaban J connectivity index is 1.66. The Labute approximate surface area is 207 Å². The second-order valence-corrected chi connectivity index (χ2v) is 10.3. The van der Waals surface area contributed by atoms with Gasteiger partial charge in [-0.1, -0.05) is 10.4 Å². The number of halogens is 3. The van der Waals surface area contributed by atoms with E-state index < -0.39 is 64.7 Å². The largest absolute Gasteiger partial charge is 0.394 e. The summed E-state index contributed by atoms with van der Waals surface area (Å²) in [4.78, 5) is 0. The Bertz CT molecular complexity index is 1200. The smallest absolute Gasteiger partial charge is 0.194 e. The van der Waals surface area contributed by atoms with Crippen molar-refractivity contribution in [3.05, 3.63) is 53.3 Å². The van der Waals surface area contributed by atoms with Crippen molar-refractivity contribution >= 4 is 11.8 Å². The normalized spacial score (nSPS) is 25.8. The van der Waals surface area contributed by atoms with Crippen LogP contribution in [0.15, 0.2) is 29.1 Å². The number of thioether (sulfide) groups is 1. The number of aliphatic hydroxyl groups is 4. The van der Waals surface area contributed by atoms with Crippen LogP contribution >= 0.6 is 11.8 Å². The minimum absolute atomic E-state index is 0.0453. The summed E-state index contributed by atoms with van der Waals surface area (Å²) in [5.41, 5.74) is -1.49. The summed E-state index contributed by atoms with van der Waals surface area (Å²) in [5.74, 6) is -4.46. The molecule has 2 aromatic heterocycles. The van der Waals surface area contributed by atoms with Gasteiger partial charge in [0.15, 0.2) is 17.5 Å². The molecule has 1 aromatic carbocycles. The zero-order chi connectivity index (χ0) is 26.4. The van der Waals surface area contributed by atoms with Crippen molar-refractivity contribution in [2.24, 2.45) is 0 Å². The third-order valence-corrected chi connectivity index (χ3v) is 7.62. The van der Waals surface area contributed by atoms with Crippen molar-refractivity contribution in [3.8, 4) is 11.3 Å². The van der Waals surface area contributed by atoms with Crippen molar-refractivity contribution in [2.75, 3.05) is 6.61 Å². The van der Waals surface area contributed by atoms with Gasteiger partial charge in [-0.25, -0.2) is 17.9 Å². The van der Waals surface area contributed by atoms with Crippen LogP contribution in [0.4, 0.5) is 13.2 Å². The maximum atomic E-state index is 13.7. The van der Waals surface area contributed by atoms with Crippen LogP contribution in [0.5, 0.6) is 0 Å². The molecule has 36 heavy (non-hydrogen) atoms.